The van der Waals surface area contributed by atoms with Crippen LogP contribution in [0.2, 0.25) is 0 Å². The third kappa shape index (κ3) is 5.01. The molecule has 0 bridgehead atoms. The number of benzene rings is 1. The lowest BCUT2D eigenvalue weighted by Gasteiger charge is -2.20. The molecule has 100 valence electrons. The molecule has 0 aromatic heterocycles. The maximum atomic E-state index is 10.9. The van der Waals surface area contributed by atoms with Gasteiger partial charge in [0.15, 0.2) is 5.75 Å². The summed E-state index contributed by atoms with van der Waals surface area (Å²) in [5.41, 5.74) is -0.0187. The minimum Gasteiger partial charge on any atom is -0.485 e. The summed E-state index contributed by atoms with van der Waals surface area (Å²) in [6.07, 6.45) is 0. The predicted molar refractivity (Wildman–Crippen MR) is 74.0 cm³/mol. The van der Waals surface area contributed by atoms with Gasteiger partial charge >= 0.3 is 5.69 Å². The molecule has 0 heterocycles. The highest BCUT2D eigenvalue weighted by molar-refractivity contribution is 9.10. The molecule has 0 aliphatic heterocycles. The molecule has 0 radical (unpaired) electrons. The standard InChI is InChI=1S/C12H17BrN2O3/c1-12(2,3)14-6-7-18-11-5-4-9(13)8-10(11)15(16)17/h4-5,8,14H,6-7H2,1-3H3. The van der Waals surface area contributed by atoms with Crippen molar-refractivity contribution in [3.05, 3.63) is 32.8 Å². The van der Waals surface area contributed by atoms with Crippen LogP contribution in [0.4, 0.5) is 5.69 Å². The summed E-state index contributed by atoms with van der Waals surface area (Å²) in [5.74, 6) is 0.291. The van der Waals surface area contributed by atoms with Gasteiger partial charge in [-0.15, -0.1) is 0 Å². The lowest BCUT2D eigenvalue weighted by Crippen LogP contribution is -2.38. The van der Waals surface area contributed by atoms with Crippen LogP contribution in [0.15, 0.2) is 22.7 Å². The van der Waals surface area contributed by atoms with E-state index in [0.29, 0.717) is 23.4 Å². The molecule has 0 atom stereocenters. The molecule has 0 fully saturated rings. The second-order valence-corrected chi connectivity index (χ2v) is 5.81. The maximum absolute atomic E-state index is 10.9. The SMILES string of the molecule is CC(C)(C)NCCOc1ccc(Br)cc1[N+](=O)[O-]. The largest absolute Gasteiger partial charge is 0.485 e. The Morgan fingerprint density at radius 1 is 1.44 bits per heavy atom. The van der Waals surface area contributed by atoms with Crippen molar-refractivity contribution in [1.29, 1.82) is 0 Å². The van der Waals surface area contributed by atoms with Crippen LogP contribution in [0.1, 0.15) is 20.8 Å². The number of nitro benzene ring substituents is 1. The van der Waals surface area contributed by atoms with E-state index < -0.39 is 4.92 Å². The highest BCUT2D eigenvalue weighted by Gasteiger charge is 2.15. The van der Waals surface area contributed by atoms with Gasteiger partial charge in [0.2, 0.25) is 0 Å². The molecule has 1 aromatic rings. The van der Waals surface area contributed by atoms with Gasteiger partial charge in [0.05, 0.1) is 4.92 Å². The molecular formula is C12H17BrN2O3. The fraction of sp³-hybridized carbons (Fsp3) is 0.500. The molecule has 5 nitrogen and oxygen atoms in total. The smallest absolute Gasteiger partial charge is 0.312 e. The molecule has 18 heavy (non-hydrogen) atoms. The number of halogens is 1. The Labute approximate surface area is 115 Å². The first-order chi connectivity index (χ1) is 8.29. The molecule has 1 N–H and O–H groups in total. The van der Waals surface area contributed by atoms with Gasteiger partial charge in [0, 0.05) is 22.6 Å². The quantitative estimate of drug-likeness (QED) is 0.515. The van der Waals surface area contributed by atoms with Gasteiger partial charge < -0.3 is 10.1 Å². The fourth-order valence-electron chi connectivity index (χ4n) is 1.34. The summed E-state index contributed by atoms with van der Waals surface area (Å²) < 4.78 is 6.09. The Hall–Kier alpha value is -1.14. The first-order valence-electron chi connectivity index (χ1n) is 5.61. The zero-order valence-corrected chi connectivity index (χ0v) is 12.3. The molecule has 0 spiro atoms. The Morgan fingerprint density at radius 2 is 2.11 bits per heavy atom. The number of nitrogens with one attached hydrogen (secondary N) is 1. The zero-order valence-electron chi connectivity index (χ0n) is 10.7. The highest BCUT2D eigenvalue weighted by Crippen LogP contribution is 2.29. The minimum absolute atomic E-state index is 0.00894. The van der Waals surface area contributed by atoms with E-state index in [1.165, 1.54) is 6.07 Å². The van der Waals surface area contributed by atoms with Crippen molar-refractivity contribution in [2.75, 3.05) is 13.2 Å². The second-order valence-electron chi connectivity index (χ2n) is 4.89. The molecule has 0 saturated heterocycles. The molecule has 0 saturated carbocycles. The Bertz CT molecular complexity index is 430. The van der Waals surface area contributed by atoms with Crippen LogP contribution < -0.4 is 10.1 Å². The summed E-state index contributed by atoms with van der Waals surface area (Å²) >= 11 is 3.20. The third-order valence-corrected chi connectivity index (χ3v) is 2.63. The fourth-order valence-corrected chi connectivity index (χ4v) is 1.69. The van der Waals surface area contributed by atoms with E-state index in [1.54, 1.807) is 12.1 Å². The molecule has 0 unspecified atom stereocenters. The van der Waals surface area contributed by atoms with Crippen LogP contribution in [-0.2, 0) is 0 Å². The molecule has 1 rings (SSSR count). The summed E-state index contributed by atoms with van der Waals surface area (Å²) in [7, 11) is 0. The van der Waals surface area contributed by atoms with Crippen LogP contribution in [0.5, 0.6) is 5.75 Å². The lowest BCUT2D eigenvalue weighted by molar-refractivity contribution is -0.385. The normalized spacial score (nSPS) is 11.3. The number of nitro groups is 1. The van der Waals surface area contributed by atoms with Crippen molar-refractivity contribution in [2.24, 2.45) is 0 Å². The molecule has 6 heteroatoms. The van der Waals surface area contributed by atoms with Crippen molar-refractivity contribution in [1.82, 2.24) is 5.32 Å². The number of ether oxygens (including phenoxy) is 1. The van der Waals surface area contributed by atoms with Gasteiger partial charge in [-0.05, 0) is 32.9 Å². The van der Waals surface area contributed by atoms with Crippen molar-refractivity contribution < 1.29 is 9.66 Å². The molecule has 0 aliphatic rings. The molecule has 1 aromatic carbocycles. The van der Waals surface area contributed by atoms with E-state index in [9.17, 15) is 10.1 Å². The molecule has 0 amide bonds. The summed E-state index contributed by atoms with van der Waals surface area (Å²) in [5, 5.41) is 14.1. The van der Waals surface area contributed by atoms with Gasteiger partial charge in [-0.2, -0.15) is 0 Å². The van der Waals surface area contributed by atoms with E-state index in [1.807, 2.05) is 0 Å². The first-order valence-corrected chi connectivity index (χ1v) is 6.41. The molecule has 0 aliphatic carbocycles. The third-order valence-electron chi connectivity index (χ3n) is 2.13. The molecular weight excluding hydrogens is 300 g/mol. The summed E-state index contributed by atoms with van der Waals surface area (Å²) in [4.78, 5) is 10.4. The van der Waals surface area contributed by atoms with Crippen molar-refractivity contribution in [3.63, 3.8) is 0 Å². The number of rotatable bonds is 5. The van der Waals surface area contributed by atoms with Crippen molar-refractivity contribution >= 4 is 21.6 Å². The average Bonchev–Trinajstić information content (AvgIpc) is 2.24. The van der Waals surface area contributed by atoms with Crippen molar-refractivity contribution in [3.8, 4) is 5.75 Å². The monoisotopic (exact) mass is 316 g/mol. The average molecular weight is 317 g/mol. The Kier molecular flexibility index (Phi) is 5.10. The lowest BCUT2D eigenvalue weighted by atomic mass is 10.1. The van der Waals surface area contributed by atoms with Gasteiger partial charge in [0.25, 0.3) is 0 Å². The number of nitrogens with zero attached hydrogens (tertiary/aromatic N) is 1. The first kappa shape index (κ1) is 14.9. The van der Waals surface area contributed by atoms with Crippen LogP contribution in [0.3, 0.4) is 0 Å². The highest BCUT2D eigenvalue weighted by atomic mass is 79.9. The van der Waals surface area contributed by atoms with Crippen LogP contribution in [0.25, 0.3) is 0 Å². The summed E-state index contributed by atoms with van der Waals surface area (Å²) in [6.45, 7) is 7.18. The minimum atomic E-state index is -0.447. The van der Waals surface area contributed by atoms with Crippen LogP contribution in [0, 0.1) is 10.1 Å². The van der Waals surface area contributed by atoms with Crippen molar-refractivity contribution in [2.45, 2.75) is 26.3 Å². The van der Waals surface area contributed by atoms with Gasteiger partial charge in [-0.3, -0.25) is 10.1 Å². The van der Waals surface area contributed by atoms with Gasteiger partial charge in [-0.25, -0.2) is 0 Å². The van der Waals surface area contributed by atoms with E-state index in [4.69, 9.17) is 4.74 Å². The number of hydrogen-bond donors (Lipinski definition) is 1. The summed E-state index contributed by atoms with van der Waals surface area (Å²) in [6, 6.07) is 4.76. The Balaban J connectivity index is 2.59. The zero-order chi connectivity index (χ0) is 13.8. The van der Waals surface area contributed by atoms with Gasteiger partial charge in [0.1, 0.15) is 6.61 Å². The predicted octanol–water partition coefficient (Wildman–Crippen LogP) is 3.12. The van der Waals surface area contributed by atoms with Crippen LogP contribution >= 0.6 is 15.9 Å². The van der Waals surface area contributed by atoms with E-state index >= 15 is 0 Å². The van der Waals surface area contributed by atoms with Crippen LogP contribution in [-0.4, -0.2) is 23.6 Å². The number of hydrogen-bond acceptors (Lipinski definition) is 4. The Morgan fingerprint density at radius 3 is 2.67 bits per heavy atom. The van der Waals surface area contributed by atoms with E-state index in [2.05, 4.69) is 42.0 Å². The maximum Gasteiger partial charge on any atom is 0.312 e. The van der Waals surface area contributed by atoms with Gasteiger partial charge in [-0.1, -0.05) is 15.9 Å². The topological polar surface area (TPSA) is 64.4 Å². The van der Waals surface area contributed by atoms with E-state index in [-0.39, 0.29) is 11.2 Å². The second kappa shape index (κ2) is 6.15. The van der Waals surface area contributed by atoms with E-state index in [0.717, 1.165) is 0 Å².